The fourth-order valence-electron chi connectivity index (χ4n) is 3.60. The van der Waals surface area contributed by atoms with Crippen molar-refractivity contribution >= 4 is 11.8 Å². The van der Waals surface area contributed by atoms with Crippen LogP contribution >= 0.6 is 0 Å². The van der Waals surface area contributed by atoms with Crippen LogP contribution in [0.3, 0.4) is 0 Å². The first-order valence-corrected chi connectivity index (χ1v) is 9.32. The van der Waals surface area contributed by atoms with E-state index < -0.39 is 0 Å². The topological polar surface area (TPSA) is 78.8 Å². The van der Waals surface area contributed by atoms with Crippen molar-refractivity contribution in [2.24, 2.45) is 0 Å². The van der Waals surface area contributed by atoms with E-state index in [1.54, 1.807) is 6.20 Å². The number of amides is 2. The lowest BCUT2D eigenvalue weighted by Crippen LogP contribution is -2.42. The maximum atomic E-state index is 12.8. The van der Waals surface area contributed by atoms with Crippen LogP contribution in [0.5, 0.6) is 0 Å². The predicted octanol–water partition coefficient (Wildman–Crippen LogP) is 3.37. The number of rotatable bonds is 4. The molecule has 0 radical (unpaired) electrons. The Morgan fingerprint density at radius 1 is 1.33 bits per heavy atom. The molecule has 1 fully saturated rings. The first kappa shape index (κ1) is 17.3. The predicted molar refractivity (Wildman–Crippen MR) is 104 cm³/mol. The maximum absolute atomic E-state index is 12.8. The Hall–Kier alpha value is -3.09. The quantitative estimate of drug-likeness (QED) is 0.745. The number of imidazole rings is 1. The molecule has 0 saturated carbocycles. The van der Waals surface area contributed by atoms with Crippen molar-refractivity contribution in [2.45, 2.75) is 32.2 Å². The van der Waals surface area contributed by atoms with Crippen LogP contribution in [0, 0.1) is 6.92 Å². The van der Waals surface area contributed by atoms with Crippen LogP contribution in [-0.4, -0.2) is 43.8 Å². The fraction of sp³-hybridized carbons (Fsp3) is 0.350. The van der Waals surface area contributed by atoms with Gasteiger partial charge in [0.1, 0.15) is 11.6 Å². The first-order chi connectivity index (χ1) is 13.2. The number of aromatic amines is 1. The molecule has 0 aliphatic carbocycles. The van der Waals surface area contributed by atoms with E-state index in [-0.39, 0.29) is 11.9 Å². The van der Waals surface area contributed by atoms with Crippen LogP contribution in [0.2, 0.25) is 0 Å². The molecule has 3 heterocycles. The van der Waals surface area contributed by atoms with Gasteiger partial charge in [0.15, 0.2) is 0 Å². The number of nitrogens with zero attached hydrogens (tertiary/aromatic N) is 4. The van der Waals surface area contributed by atoms with E-state index in [4.69, 9.17) is 0 Å². The van der Waals surface area contributed by atoms with Gasteiger partial charge in [-0.2, -0.15) is 5.10 Å². The van der Waals surface area contributed by atoms with E-state index in [0.717, 1.165) is 42.3 Å². The van der Waals surface area contributed by atoms with Crippen molar-refractivity contribution in [1.29, 1.82) is 0 Å². The van der Waals surface area contributed by atoms with E-state index in [1.165, 1.54) is 0 Å². The molecule has 1 aromatic carbocycles. The van der Waals surface area contributed by atoms with E-state index in [2.05, 4.69) is 32.5 Å². The van der Waals surface area contributed by atoms with Gasteiger partial charge in [-0.25, -0.2) is 14.5 Å². The molecule has 2 aromatic heterocycles. The van der Waals surface area contributed by atoms with Gasteiger partial charge in [-0.05, 0) is 25.3 Å². The van der Waals surface area contributed by atoms with Crippen LogP contribution in [0.15, 0.2) is 48.8 Å². The van der Waals surface area contributed by atoms with Gasteiger partial charge >= 0.3 is 6.03 Å². The third-order valence-corrected chi connectivity index (χ3v) is 4.93. The highest BCUT2D eigenvalue weighted by Crippen LogP contribution is 2.25. The molecule has 0 bridgehead atoms. The third kappa shape index (κ3) is 4.02. The molecule has 1 atom stereocenters. The highest BCUT2D eigenvalue weighted by molar-refractivity contribution is 5.88. The molecule has 1 aliphatic rings. The Kier molecular flexibility index (Phi) is 4.91. The van der Waals surface area contributed by atoms with Crippen molar-refractivity contribution in [1.82, 2.24) is 24.6 Å². The van der Waals surface area contributed by atoms with Gasteiger partial charge in [-0.15, -0.1) is 0 Å². The van der Waals surface area contributed by atoms with E-state index in [9.17, 15) is 4.79 Å². The number of hydrogen-bond donors (Lipinski definition) is 2. The summed E-state index contributed by atoms with van der Waals surface area (Å²) in [7, 11) is 0. The number of aromatic nitrogens is 4. The Morgan fingerprint density at radius 3 is 2.96 bits per heavy atom. The molecule has 0 spiro atoms. The monoisotopic (exact) mass is 364 g/mol. The molecule has 3 aromatic rings. The molecule has 27 heavy (non-hydrogen) atoms. The maximum Gasteiger partial charge on any atom is 0.323 e. The number of urea groups is 1. The molecular formula is C20H24N6O. The minimum Gasteiger partial charge on any atom is -0.348 e. The third-order valence-electron chi connectivity index (χ3n) is 4.93. The Morgan fingerprint density at radius 2 is 2.19 bits per heavy atom. The van der Waals surface area contributed by atoms with Gasteiger partial charge < -0.3 is 9.88 Å². The lowest BCUT2D eigenvalue weighted by atomic mass is 9.98. The molecule has 2 N–H and O–H groups in total. The lowest BCUT2D eigenvalue weighted by Gasteiger charge is -2.31. The van der Waals surface area contributed by atoms with Crippen molar-refractivity contribution in [2.75, 3.05) is 18.4 Å². The molecule has 2 amide bonds. The number of likely N-dealkylation sites (tertiary alicyclic amines) is 1. The van der Waals surface area contributed by atoms with Crippen molar-refractivity contribution in [3.8, 4) is 0 Å². The molecule has 4 rings (SSSR count). The normalized spacial score (nSPS) is 17.1. The lowest BCUT2D eigenvalue weighted by molar-refractivity contribution is 0.191. The van der Waals surface area contributed by atoms with Crippen LogP contribution in [0.25, 0.3) is 0 Å². The summed E-state index contributed by atoms with van der Waals surface area (Å²) in [5.41, 5.74) is 2.03. The molecule has 1 aliphatic heterocycles. The van der Waals surface area contributed by atoms with Gasteiger partial charge in [0.2, 0.25) is 0 Å². The first-order valence-electron chi connectivity index (χ1n) is 9.32. The molecule has 7 nitrogen and oxygen atoms in total. The SMILES string of the molecule is Cc1cc(NC(=O)N2CCCC(c3ncc[nH]3)C2)n(Cc2ccccc2)n1. The zero-order valence-electron chi connectivity index (χ0n) is 15.4. The highest BCUT2D eigenvalue weighted by Gasteiger charge is 2.26. The fourth-order valence-corrected chi connectivity index (χ4v) is 3.60. The van der Waals surface area contributed by atoms with E-state index in [1.807, 2.05) is 47.0 Å². The zero-order chi connectivity index (χ0) is 18.6. The number of aryl methyl sites for hydroxylation is 1. The van der Waals surface area contributed by atoms with Crippen molar-refractivity contribution in [3.05, 3.63) is 65.9 Å². The van der Waals surface area contributed by atoms with Gasteiger partial charge in [0, 0.05) is 37.5 Å². The van der Waals surface area contributed by atoms with Gasteiger partial charge in [0.25, 0.3) is 0 Å². The number of carbonyl (C=O) groups is 1. The summed E-state index contributed by atoms with van der Waals surface area (Å²) < 4.78 is 1.84. The number of carbonyl (C=O) groups excluding carboxylic acids is 1. The number of hydrogen-bond acceptors (Lipinski definition) is 3. The second-order valence-corrected chi connectivity index (χ2v) is 7.00. The Balaban J connectivity index is 1.45. The summed E-state index contributed by atoms with van der Waals surface area (Å²) in [5.74, 6) is 1.94. The number of H-pyrrole nitrogens is 1. The second kappa shape index (κ2) is 7.65. The number of anilines is 1. The zero-order valence-corrected chi connectivity index (χ0v) is 15.4. The van der Waals surface area contributed by atoms with Gasteiger partial charge in [0.05, 0.1) is 12.2 Å². The van der Waals surface area contributed by atoms with Gasteiger partial charge in [-0.3, -0.25) is 5.32 Å². The van der Waals surface area contributed by atoms with Crippen LogP contribution in [-0.2, 0) is 6.54 Å². The van der Waals surface area contributed by atoms with Crippen molar-refractivity contribution in [3.63, 3.8) is 0 Å². The minimum absolute atomic E-state index is 0.0829. The molecular weight excluding hydrogens is 340 g/mol. The number of nitrogens with one attached hydrogen (secondary N) is 2. The molecule has 1 unspecified atom stereocenters. The average molecular weight is 364 g/mol. The Labute approximate surface area is 158 Å². The highest BCUT2D eigenvalue weighted by atomic mass is 16.2. The standard InChI is InChI=1S/C20H24N6O/c1-15-12-18(26(24-15)13-16-6-3-2-4-7-16)23-20(27)25-11-5-8-17(14-25)19-21-9-10-22-19/h2-4,6-7,9-10,12,17H,5,8,11,13-14H2,1H3,(H,21,22)(H,23,27). The summed E-state index contributed by atoms with van der Waals surface area (Å²) in [6.07, 6.45) is 5.61. The minimum atomic E-state index is -0.0829. The average Bonchev–Trinajstić information content (AvgIpc) is 3.33. The summed E-state index contributed by atoms with van der Waals surface area (Å²) in [4.78, 5) is 22.2. The van der Waals surface area contributed by atoms with E-state index >= 15 is 0 Å². The van der Waals surface area contributed by atoms with E-state index in [0.29, 0.717) is 13.1 Å². The summed E-state index contributed by atoms with van der Waals surface area (Å²) in [6.45, 7) is 3.99. The molecule has 140 valence electrons. The molecule has 1 saturated heterocycles. The Bertz CT molecular complexity index is 887. The summed E-state index contributed by atoms with van der Waals surface area (Å²) in [5, 5.41) is 7.57. The number of benzene rings is 1. The van der Waals surface area contributed by atoms with Crippen LogP contribution in [0.1, 0.15) is 35.8 Å². The smallest absolute Gasteiger partial charge is 0.323 e. The van der Waals surface area contributed by atoms with Crippen molar-refractivity contribution < 1.29 is 4.79 Å². The number of piperidine rings is 1. The molecule has 7 heteroatoms. The van der Waals surface area contributed by atoms with Crippen LogP contribution < -0.4 is 5.32 Å². The van der Waals surface area contributed by atoms with Crippen LogP contribution in [0.4, 0.5) is 10.6 Å². The second-order valence-electron chi connectivity index (χ2n) is 7.00. The van der Waals surface area contributed by atoms with Gasteiger partial charge in [-0.1, -0.05) is 30.3 Å². The largest absolute Gasteiger partial charge is 0.348 e. The summed E-state index contributed by atoms with van der Waals surface area (Å²) in [6, 6.07) is 11.9. The summed E-state index contributed by atoms with van der Waals surface area (Å²) >= 11 is 0.